The van der Waals surface area contributed by atoms with Gasteiger partial charge in [0.05, 0.1) is 0 Å². The smallest absolute Gasteiger partial charge is 0.389 e. The molecule has 2 N–H and O–H groups in total. The van der Waals surface area contributed by atoms with Crippen LogP contribution in [0.4, 0.5) is 13.2 Å². The number of rotatable bonds is 4. The van der Waals surface area contributed by atoms with Crippen LogP contribution in [0.2, 0.25) is 0 Å². The zero-order chi connectivity index (χ0) is 14.8. The fourth-order valence-electron chi connectivity index (χ4n) is 1.85. The molecule has 0 aliphatic heterocycles. The van der Waals surface area contributed by atoms with Gasteiger partial charge in [0.2, 0.25) is 0 Å². The monoisotopic (exact) mass is 299 g/mol. The standard InChI is InChI=1S/C13H12F3N3S/c14-13(15,16)7-11-18-4-5-19(11)8-9-2-1-3-10(6-9)12(17)20/h1-6H,7-8H2,(H2,17,20). The summed E-state index contributed by atoms with van der Waals surface area (Å²) in [5.41, 5.74) is 7.04. The van der Waals surface area contributed by atoms with Gasteiger partial charge in [0.1, 0.15) is 17.2 Å². The minimum absolute atomic E-state index is 0.0155. The molecule has 2 rings (SSSR count). The summed E-state index contributed by atoms with van der Waals surface area (Å²) in [4.78, 5) is 4.01. The zero-order valence-corrected chi connectivity index (χ0v) is 11.2. The van der Waals surface area contributed by atoms with Crippen molar-refractivity contribution in [1.82, 2.24) is 9.55 Å². The molecule has 0 atom stereocenters. The predicted molar refractivity (Wildman–Crippen MR) is 73.4 cm³/mol. The molecule has 1 aromatic heterocycles. The molecule has 0 fully saturated rings. The molecule has 106 valence electrons. The molecule has 0 saturated carbocycles. The van der Waals surface area contributed by atoms with Crippen LogP contribution in [0.1, 0.15) is 17.0 Å². The van der Waals surface area contributed by atoms with E-state index in [4.69, 9.17) is 18.0 Å². The highest BCUT2D eigenvalue weighted by atomic mass is 32.1. The van der Waals surface area contributed by atoms with Gasteiger partial charge in [0.25, 0.3) is 0 Å². The number of imidazole rings is 1. The summed E-state index contributed by atoms with van der Waals surface area (Å²) >= 11 is 4.88. The van der Waals surface area contributed by atoms with Crippen molar-refractivity contribution in [3.8, 4) is 0 Å². The lowest BCUT2D eigenvalue weighted by atomic mass is 10.1. The van der Waals surface area contributed by atoms with Crippen molar-refractivity contribution in [2.45, 2.75) is 19.1 Å². The molecule has 0 saturated heterocycles. The Balaban J connectivity index is 2.20. The van der Waals surface area contributed by atoms with Crippen LogP contribution in [0.15, 0.2) is 36.7 Å². The van der Waals surface area contributed by atoms with Crippen LogP contribution in [0.5, 0.6) is 0 Å². The third-order valence-corrected chi connectivity index (χ3v) is 2.96. The van der Waals surface area contributed by atoms with Gasteiger partial charge in [-0.15, -0.1) is 0 Å². The van der Waals surface area contributed by atoms with Crippen LogP contribution in [0, 0.1) is 0 Å². The molecule has 0 amide bonds. The van der Waals surface area contributed by atoms with Gasteiger partial charge in [0, 0.05) is 24.5 Å². The molecule has 0 aliphatic rings. The molecule has 20 heavy (non-hydrogen) atoms. The van der Waals surface area contributed by atoms with E-state index < -0.39 is 12.6 Å². The van der Waals surface area contributed by atoms with Crippen molar-refractivity contribution in [3.63, 3.8) is 0 Å². The average molecular weight is 299 g/mol. The zero-order valence-electron chi connectivity index (χ0n) is 10.4. The highest BCUT2D eigenvalue weighted by molar-refractivity contribution is 7.80. The summed E-state index contributed by atoms with van der Waals surface area (Å²) in [6.07, 6.45) is -2.44. The molecule has 7 heteroatoms. The first-order valence-electron chi connectivity index (χ1n) is 5.80. The van der Waals surface area contributed by atoms with E-state index in [9.17, 15) is 13.2 Å². The van der Waals surface area contributed by atoms with Crippen LogP contribution in [-0.4, -0.2) is 20.7 Å². The first kappa shape index (κ1) is 14.5. The van der Waals surface area contributed by atoms with Crippen molar-refractivity contribution in [2.75, 3.05) is 0 Å². The summed E-state index contributed by atoms with van der Waals surface area (Å²) in [7, 11) is 0. The molecule has 0 spiro atoms. The van der Waals surface area contributed by atoms with Gasteiger partial charge in [-0.2, -0.15) is 13.2 Å². The summed E-state index contributed by atoms with van der Waals surface area (Å²) in [5.74, 6) is -0.0155. The Morgan fingerprint density at radius 1 is 1.35 bits per heavy atom. The Hall–Kier alpha value is -1.89. The maximum Gasteiger partial charge on any atom is 0.396 e. The van der Waals surface area contributed by atoms with Crippen LogP contribution < -0.4 is 5.73 Å². The summed E-state index contributed by atoms with van der Waals surface area (Å²) in [6, 6.07) is 7.10. The van der Waals surface area contributed by atoms with E-state index in [-0.39, 0.29) is 10.8 Å². The number of benzene rings is 1. The second kappa shape index (κ2) is 5.62. The van der Waals surface area contributed by atoms with Gasteiger partial charge in [-0.1, -0.05) is 30.4 Å². The normalized spacial score (nSPS) is 11.6. The minimum atomic E-state index is -4.27. The predicted octanol–water partition coefficient (Wildman–Crippen LogP) is 2.67. The molecule has 2 aromatic rings. The summed E-state index contributed by atoms with van der Waals surface area (Å²) in [5, 5.41) is 0. The number of halogens is 3. The summed E-state index contributed by atoms with van der Waals surface area (Å²) in [6.45, 7) is 0.294. The number of hydrogen-bond donors (Lipinski definition) is 1. The fourth-order valence-corrected chi connectivity index (χ4v) is 1.98. The first-order chi connectivity index (χ1) is 9.35. The third-order valence-electron chi connectivity index (χ3n) is 2.72. The van der Waals surface area contributed by atoms with E-state index in [1.165, 1.54) is 17.0 Å². The van der Waals surface area contributed by atoms with Crippen LogP contribution in [-0.2, 0) is 13.0 Å². The van der Waals surface area contributed by atoms with Gasteiger partial charge in [-0.05, 0) is 11.6 Å². The number of aromatic nitrogens is 2. The Bertz CT molecular complexity index is 619. The molecule has 1 heterocycles. The van der Waals surface area contributed by atoms with Gasteiger partial charge in [-0.3, -0.25) is 0 Å². The van der Waals surface area contributed by atoms with E-state index in [0.717, 1.165) is 5.56 Å². The van der Waals surface area contributed by atoms with Crippen LogP contribution >= 0.6 is 12.2 Å². The van der Waals surface area contributed by atoms with Crippen molar-refractivity contribution in [1.29, 1.82) is 0 Å². The maximum absolute atomic E-state index is 12.4. The molecule has 1 aromatic carbocycles. The van der Waals surface area contributed by atoms with Crippen molar-refractivity contribution >= 4 is 17.2 Å². The number of nitrogens with two attached hydrogens (primary N) is 1. The van der Waals surface area contributed by atoms with Crippen LogP contribution in [0.3, 0.4) is 0 Å². The van der Waals surface area contributed by atoms with Gasteiger partial charge in [-0.25, -0.2) is 4.98 Å². The van der Waals surface area contributed by atoms with Gasteiger partial charge >= 0.3 is 6.18 Å². The molecule has 3 nitrogen and oxygen atoms in total. The SMILES string of the molecule is NC(=S)c1cccc(Cn2ccnc2CC(F)(F)F)c1. The molecule has 0 radical (unpaired) electrons. The quantitative estimate of drug-likeness (QED) is 0.883. The molecule has 0 bridgehead atoms. The lowest BCUT2D eigenvalue weighted by molar-refractivity contribution is -0.128. The van der Waals surface area contributed by atoms with Crippen LogP contribution in [0.25, 0.3) is 0 Å². The van der Waals surface area contributed by atoms with E-state index >= 15 is 0 Å². The van der Waals surface area contributed by atoms with Gasteiger partial charge < -0.3 is 10.3 Å². The van der Waals surface area contributed by atoms with Crippen molar-refractivity contribution in [2.24, 2.45) is 5.73 Å². The van der Waals surface area contributed by atoms with Crippen molar-refractivity contribution in [3.05, 3.63) is 53.6 Å². The molecular weight excluding hydrogens is 287 g/mol. The highest BCUT2D eigenvalue weighted by Gasteiger charge is 2.30. The van der Waals surface area contributed by atoms with E-state index in [2.05, 4.69) is 4.98 Å². The molecule has 0 unspecified atom stereocenters. The lowest BCUT2D eigenvalue weighted by Gasteiger charge is -2.10. The number of nitrogens with zero attached hydrogens (tertiary/aromatic N) is 2. The average Bonchev–Trinajstić information content (AvgIpc) is 2.74. The third kappa shape index (κ3) is 3.80. The van der Waals surface area contributed by atoms with E-state index in [1.54, 1.807) is 24.3 Å². The van der Waals surface area contributed by atoms with E-state index in [1.807, 2.05) is 0 Å². The second-order valence-electron chi connectivity index (χ2n) is 4.33. The van der Waals surface area contributed by atoms with Gasteiger partial charge in [0.15, 0.2) is 0 Å². The maximum atomic E-state index is 12.4. The first-order valence-corrected chi connectivity index (χ1v) is 6.21. The topological polar surface area (TPSA) is 43.8 Å². The largest absolute Gasteiger partial charge is 0.396 e. The Morgan fingerprint density at radius 2 is 2.10 bits per heavy atom. The molecular formula is C13H12F3N3S. The minimum Gasteiger partial charge on any atom is -0.389 e. The second-order valence-corrected chi connectivity index (χ2v) is 4.77. The number of hydrogen-bond acceptors (Lipinski definition) is 2. The number of thiocarbonyl (C=S) groups is 1. The Morgan fingerprint density at radius 3 is 2.75 bits per heavy atom. The molecule has 0 aliphatic carbocycles. The fraction of sp³-hybridized carbons (Fsp3) is 0.231. The lowest BCUT2D eigenvalue weighted by Crippen LogP contribution is -2.16. The summed E-state index contributed by atoms with van der Waals surface area (Å²) < 4.78 is 38.7. The van der Waals surface area contributed by atoms with E-state index in [0.29, 0.717) is 12.1 Å². The van der Waals surface area contributed by atoms with Crippen molar-refractivity contribution < 1.29 is 13.2 Å². The highest BCUT2D eigenvalue weighted by Crippen LogP contribution is 2.20. The Labute approximate surface area is 119 Å². The Kier molecular flexibility index (Phi) is 4.08. The number of alkyl halides is 3.